The molecule has 0 saturated heterocycles. The first-order valence-electron chi connectivity index (χ1n) is 11.1. The van der Waals surface area contributed by atoms with Crippen LogP contribution in [0.1, 0.15) is 23.1 Å². The Bertz CT molecular complexity index is 1150. The molecule has 1 heterocycles. The zero-order chi connectivity index (χ0) is 22.7. The third-order valence-corrected chi connectivity index (χ3v) is 6.30. The van der Waals surface area contributed by atoms with E-state index in [1.165, 1.54) is 16.7 Å². The summed E-state index contributed by atoms with van der Waals surface area (Å²) < 4.78 is 5.96. The molecular formula is C29H27NO2S. The molecule has 33 heavy (non-hydrogen) atoms. The number of hydrogen-bond donors (Lipinski definition) is 0. The lowest BCUT2D eigenvalue weighted by molar-refractivity contribution is -0.118. The molecule has 0 bridgehead atoms. The number of thioether (sulfide) groups is 1. The van der Waals surface area contributed by atoms with E-state index in [9.17, 15) is 4.79 Å². The molecule has 0 atom stereocenters. The first-order chi connectivity index (χ1) is 16.3. The number of carbonyl (C=O) groups is 1. The van der Waals surface area contributed by atoms with Crippen LogP contribution in [0.3, 0.4) is 0 Å². The van der Waals surface area contributed by atoms with Gasteiger partial charge in [0, 0.05) is 30.1 Å². The topological polar surface area (TPSA) is 39.2 Å². The van der Waals surface area contributed by atoms with Crippen molar-refractivity contribution < 1.29 is 9.53 Å². The Hall–Kier alpha value is -3.21. The van der Waals surface area contributed by atoms with Crippen LogP contribution in [0.4, 0.5) is 0 Å². The number of aromatic nitrogens is 1. The van der Waals surface area contributed by atoms with Crippen molar-refractivity contribution in [3.8, 4) is 11.1 Å². The van der Waals surface area contributed by atoms with Gasteiger partial charge in [0.1, 0.15) is 5.78 Å². The molecule has 0 spiro atoms. The van der Waals surface area contributed by atoms with Gasteiger partial charge in [0.25, 0.3) is 0 Å². The van der Waals surface area contributed by atoms with Gasteiger partial charge in [-0.15, -0.1) is 0 Å². The average molecular weight is 454 g/mol. The molecule has 0 aliphatic rings. The quantitative estimate of drug-likeness (QED) is 0.143. The molecule has 0 aliphatic carbocycles. The SMILES string of the molecule is O=C(CCc1cccnc1)Cc1ccc(SCOCc2ccccc2-c2ccccc2)cc1. The van der Waals surface area contributed by atoms with Crippen LogP contribution in [0.25, 0.3) is 11.1 Å². The van der Waals surface area contributed by atoms with E-state index in [1.54, 1.807) is 18.0 Å². The molecule has 3 nitrogen and oxygen atoms in total. The van der Waals surface area contributed by atoms with E-state index in [1.807, 2.05) is 36.5 Å². The fraction of sp³-hybridized carbons (Fsp3) is 0.172. The molecule has 1 aromatic heterocycles. The van der Waals surface area contributed by atoms with E-state index in [0.717, 1.165) is 22.4 Å². The van der Waals surface area contributed by atoms with Crippen molar-refractivity contribution in [1.29, 1.82) is 0 Å². The number of rotatable bonds is 11. The Morgan fingerprint density at radius 2 is 1.61 bits per heavy atom. The fourth-order valence-electron chi connectivity index (χ4n) is 3.66. The summed E-state index contributed by atoms with van der Waals surface area (Å²) in [6.07, 6.45) is 5.32. The molecule has 0 radical (unpaired) electrons. The summed E-state index contributed by atoms with van der Waals surface area (Å²) >= 11 is 1.66. The number of benzene rings is 3. The highest BCUT2D eigenvalue weighted by Crippen LogP contribution is 2.25. The first-order valence-corrected chi connectivity index (χ1v) is 12.1. The summed E-state index contributed by atoms with van der Waals surface area (Å²) in [5, 5.41) is 0. The van der Waals surface area contributed by atoms with Crippen molar-refractivity contribution in [3.63, 3.8) is 0 Å². The largest absolute Gasteiger partial charge is 0.366 e. The number of aryl methyl sites for hydroxylation is 1. The first kappa shape index (κ1) is 23.0. The highest BCUT2D eigenvalue weighted by atomic mass is 32.2. The van der Waals surface area contributed by atoms with Crippen LogP contribution in [0.2, 0.25) is 0 Å². The zero-order valence-electron chi connectivity index (χ0n) is 18.5. The third-order valence-electron chi connectivity index (χ3n) is 5.41. The minimum atomic E-state index is 0.250. The van der Waals surface area contributed by atoms with Gasteiger partial charge in [-0.25, -0.2) is 0 Å². The predicted octanol–water partition coefficient (Wildman–Crippen LogP) is 6.76. The number of nitrogens with zero attached hydrogens (tertiary/aromatic N) is 1. The van der Waals surface area contributed by atoms with E-state index in [0.29, 0.717) is 25.4 Å². The van der Waals surface area contributed by atoms with Crippen molar-refractivity contribution in [2.45, 2.75) is 30.8 Å². The summed E-state index contributed by atoms with van der Waals surface area (Å²) in [6, 6.07) is 30.9. The molecule has 0 amide bonds. The maximum atomic E-state index is 12.3. The van der Waals surface area contributed by atoms with Gasteiger partial charge in [-0.1, -0.05) is 84.6 Å². The lowest BCUT2D eigenvalue weighted by Crippen LogP contribution is -2.04. The fourth-order valence-corrected chi connectivity index (χ4v) is 4.29. The summed E-state index contributed by atoms with van der Waals surface area (Å²) in [6.45, 7) is 0.571. The van der Waals surface area contributed by atoms with E-state index < -0.39 is 0 Å². The Morgan fingerprint density at radius 3 is 2.39 bits per heavy atom. The van der Waals surface area contributed by atoms with Crippen molar-refractivity contribution in [2.24, 2.45) is 0 Å². The van der Waals surface area contributed by atoms with Gasteiger partial charge < -0.3 is 4.74 Å². The maximum Gasteiger partial charge on any atom is 0.137 e. The number of carbonyl (C=O) groups excluding carboxylic acids is 1. The van der Waals surface area contributed by atoms with Crippen LogP contribution in [0, 0.1) is 0 Å². The molecule has 0 N–H and O–H groups in total. The smallest absolute Gasteiger partial charge is 0.137 e. The minimum absolute atomic E-state index is 0.250. The van der Waals surface area contributed by atoms with Crippen LogP contribution < -0.4 is 0 Å². The summed E-state index contributed by atoms with van der Waals surface area (Å²) in [5.41, 5.74) is 5.75. The van der Waals surface area contributed by atoms with Crippen molar-refractivity contribution >= 4 is 17.5 Å². The second-order valence-electron chi connectivity index (χ2n) is 7.85. The summed E-state index contributed by atoms with van der Waals surface area (Å²) in [4.78, 5) is 17.5. The van der Waals surface area contributed by atoms with Crippen molar-refractivity contribution in [1.82, 2.24) is 4.98 Å². The zero-order valence-corrected chi connectivity index (χ0v) is 19.3. The number of hydrogen-bond acceptors (Lipinski definition) is 4. The highest BCUT2D eigenvalue weighted by molar-refractivity contribution is 7.99. The molecular weight excluding hydrogens is 426 g/mol. The number of pyridine rings is 1. The minimum Gasteiger partial charge on any atom is -0.366 e. The lowest BCUT2D eigenvalue weighted by atomic mass is 10.0. The van der Waals surface area contributed by atoms with Crippen LogP contribution >= 0.6 is 11.8 Å². The van der Waals surface area contributed by atoms with Crippen LogP contribution in [-0.4, -0.2) is 16.7 Å². The maximum absolute atomic E-state index is 12.3. The van der Waals surface area contributed by atoms with Crippen molar-refractivity contribution in [2.75, 3.05) is 5.94 Å². The van der Waals surface area contributed by atoms with E-state index in [2.05, 4.69) is 65.6 Å². The van der Waals surface area contributed by atoms with E-state index in [-0.39, 0.29) is 5.78 Å². The van der Waals surface area contributed by atoms with Gasteiger partial charge in [-0.3, -0.25) is 9.78 Å². The average Bonchev–Trinajstić information content (AvgIpc) is 2.88. The lowest BCUT2D eigenvalue weighted by Gasteiger charge is -2.10. The van der Waals surface area contributed by atoms with Crippen LogP contribution in [-0.2, 0) is 29.0 Å². The van der Waals surface area contributed by atoms with Crippen LogP contribution in [0.15, 0.2) is 108 Å². The van der Waals surface area contributed by atoms with E-state index in [4.69, 9.17) is 4.74 Å². The van der Waals surface area contributed by atoms with Gasteiger partial charge in [0.05, 0.1) is 12.5 Å². The Kier molecular flexibility index (Phi) is 8.45. The van der Waals surface area contributed by atoms with Gasteiger partial charge in [0.2, 0.25) is 0 Å². The molecule has 0 aliphatic heterocycles. The molecule has 4 heteroatoms. The Balaban J connectivity index is 1.22. The Labute approximate surface area is 199 Å². The summed E-state index contributed by atoms with van der Waals surface area (Å²) in [5.74, 6) is 0.826. The second-order valence-corrected chi connectivity index (χ2v) is 8.85. The standard InChI is InChI=1S/C29H27NO2S/c31-27(15-12-24-7-6-18-30-20-24)19-23-13-16-28(17-14-23)33-22-32-21-26-10-4-5-11-29(26)25-8-2-1-3-9-25/h1-11,13-14,16-18,20H,12,15,19,21-22H2. The highest BCUT2D eigenvalue weighted by Gasteiger charge is 2.06. The van der Waals surface area contributed by atoms with Gasteiger partial charge >= 0.3 is 0 Å². The van der Waals surface area contributed by atoms with Gasteiger partial charge in [-0.2, -0.15) is 0 Å². The molecule has 0 unspecified atom stereocenters. The predicted molar refractivity (Wildman–Crippen MR) is 135 cm³/mol. The molecule has 3 aromatic carbocycles. The number of ketones is 1. The monoisotopic (exact) mass is 453 g/mol. The van der Waals surface area contributed by atoms with Gasteiger partial charge in [0.15, 0.2) is 0 Å². The number of Topliss-reactive ketones (excluding diaryl/α,β-unsaturated/α-hetero) is 1. The molecule has 0 fully saturated rings. The van der Waals surface area contributed by atoms with Gasteiger partial charge in [-0.05, 0) is 52.4 Å². The second kappa shape index (κ2) is 12.1. The third kappa shape index (κ3) is 7.14. The Morgan fingerprint density at radius 1 is 0.818 bits per heavy atom. The molecule has 166 valence electrons. The normalized spacial score (nSPS) is 10.8. The summed E-state index contributed by atoms with van der Waals surface area (Å²) in [7, 11) is 0. The molecule has 0 saturated carbocycles. The molecule has 4 aromatic rings. The molecule has 4 rings (SSSR count). The number of ether oxygens (including phenoxy) is 1. The van der Waals surface area contributed by atoms with Crippen molar-refractivity contribution in [3.05, 3.63) is 120 Å². The van der Waals surface area contributed by atoms with Crippen LogP contribution in [0.5, 0.6) is 0 Å². The van der Waals surface area contributed by atoms with E-state index >= 15 is 0 Å².